The predicted molar refractivity (Wildman–Crippen MR) is 79.7 cm³/mol. The summed E-state index contributed by atoms with van der Waals surface area (Å²) in [6, 6.07) is 8.82. The van der Waals surface area contributed by atoms with Crippen molar-refractivity contribution < 1.29 is 9.53 Å². The second kappa shape index (κ2) is 4.84. The van der Waals surface area contributed by atoms with E-state index < -0.39 is 0 Å². The minimum absolute atomic E-state index is 0.114. The number of rotatable bonds is 2. The van der Waals surface area contributed by atoms with Gasteiger partial charge in [0.15, 0.2) is 5.78 Å². The Balaban J connectivity index is 2.09. The molecule has 0 atom stereocenters. The number of ketones is 1. The first kappa shape index (κ1) is 13.0. The zero-order chi connectivity index (χ0) is 14.3. The Morgan fingerprint density at radius 2 is 2.10 bits per heavy atom. The Kier molecular flexibility index (Phi) is 3.14. The quantitative estimate of drug-likeness (QED) is 0.680. The van der Waals surface area contributed by atoms with Gasteiger partial charge in [-0.2, -0.15) is 0 Å². The van der Waals surface area contributed by atoms with Gasteiger partial charge in [-0.25, -0.2) is 0 Å². The van der Waals surface area contributed by atoms with Gasteiger partial charge >= 0.3 is 0 Å². The van der Waals surface area contributed by atoms with Crippen molar-refractivity contribution in [1.29, 1.82) is 0 Å². The molecule has 1 aliphatic heterocycles. The highest BCUT2D eigenvalue weighted by Crippen LogP contribution is 2.34. The number of hydrogen-bond donors (Lipinski definition) is 1. The molecule has 3 nitrogen and oxygen atoms in total. The fraction of sp³-hybridized carbons (Fsp3) is 0.188. The summed E-state index contributed by atoms with van der Waals surface area (Å²) in [7, 11) is 0. The zero-order valence-corrected chi connectivity index (χ0v) is 11.8. The minimum Gasteiger partial charge on any atom is -0.492 e. The number of hydrogen-bond acceptors (Lipinski definition) is 3. The lowest BCUT2D eigenvalue weighted by atomic mass is 9.98. The maximum absolute atomic E-state index is 12.6. The number of nitrogens with two attached hydrogens (primary N) is 1. The molecule has 0 saturated carbocycles. The molecule has 0 fully saturated rings. The molecular weight excluding hydrogens is 274 g/mol. The Morgan fingerprint density at radius 3 is 2.85 bits per heavy atom. The average molecular weight is 288 g/mol. The fourth-order valence-electron chi connectivity index (χ4n) is 2.38. The summed E-state index contributed by atoms with van der Waals surface area (Å²) < 4.78 is 5.57. The minimum atomic E-state index is -0.114. The van der Waals surface area contributed by atoms with Crippen LogP contribution in [0.4, 0.5) is 5.69 Å². The van der Waals surface area contributed by atoms with E-state index in [0.717, 1.165) is 17.5 Å². The third-order valence-electron chi connectivity index (χ3n) is 3.53. The normalized spacial score (nSPS) is 12.9. The third kappa shape index (κ3) is 2.14. The molecule has 2 aromatic carbocycles. The van der Waals surface area contributed by atoms with Crippen LogP contribution in [0.25, 0.3) is 0 Å². The summed E-state index contributed by atoms with van der Waals surface area (Å²) >= 11 is 6.08. The van der Waals surface area contributed by atoms with Gasteiger partial charge in [-0.05, 0) is 36.2 Å². The number of benzene rings is 2. The Hall–Kier alpha value is -2.00. The predicted octanol–water partition coefficient (Wildman–Crippen LogP) is 3.40. The van der Waals surface area contributed by atoms with Gasteiger partial charge in [0.1, 0.15) is 5.75 Å². The monoisotopic (exact) mass is 287 g/mol. The molecule has 0 unspecified atom stereocenters. The van der Waals surface area contributed by atoms with Crippen molar-refractivity contribution in [2.75, 3.05) is 12.3 Å². The number of ether oxygens (including phenoxy) is 1. The van der Waals surface area contributed by atoms with Gasteiger partial charge in [0, 0.05) is 22.7 Å². The van der Waals surface area contributed by atoms with Crippen LogP contribution in [0.5, 0.6) is 5.75 Å². The molecule has 0 spiro atoms. The molecule has 0 aromatic heterocycles. The molecule has 102 valence electrons. The Labute approximate surface area is 122 Å². The van der Waals surface area contributed by atoms with Crippen LogP contribution < -0.4 is 10.5 Å². The Morgan fingerprint density at radius 1 is 1.30 bits per heavy atom. The van der Waals surface area contributed by atoms with Crippen LogP contribution in [0.3, 0.4) is 0 Å². The van der Waals surface area contributed by atoms with E-state index in [1.165, 1.54) is 0 Å². The van der Waals surface area contributed by atoms with E-state index >= 15 is 0 Å². The van der Waals surface area contributed by atoms with Gasteiger partial charge in [0.2, 0.25) is 0 Å². The van der Waals surface area contributed by atoms with Crippen molar-refractivity contribution in [3.8, 4) is 5.75 Å². The SMILES string of the molecule is Cc1ccc(C(=O)c2cc(Cl)cc3c2OCC3)cc1N. The van der Waals surface area contributed by atoms with Crippen LogP contribution in [0, 0.1) is 6.92 Å². The van der Waals surface area contributed by atoms with Gasteiger partial charge in [-0.1, -0.05) is 23.7 Å². The highest BCUT2D eigenvalue weighted by Gasteiger charge is 2.23. The number of carbonyl (C=O) groups is 1. The highest BCUT2D eigenvalue weighted by atomic mass is 35.5. The lowest BCUT2D eigenvalue weighted by Gasteiger charge is -2.09. The summed E-state index contributed by atoms with van der Waals surface area (Å²) in [5.74, 6) is 0.538. The second-order valence-corrected chi connectivity index (χ2v) is 5.38. The molecule has 0 saturated heterocycles. The number of carbonyl (C=O) groups excluding carboxylic acids is 1. The second-order valence-electron chi connectivity index (χ2n) is 4.94. The first-order valence-corrected chi connectivity index (χ1v) is 6.80. The molecule has 20 heavy (non-hydrogen) atoms. The van der Waals surface area contributed by atoms with Crippen LogP contribution >= 0.6 is 11.6 Å². The van der Waals surface area contributed by atoms with E-state index in [0.29, 0.717) is 34.2 Å². The van der Waals surface area contributed by atoms with E-state index in [4.69, 9.17) is 22.1 Å². The lowest BCUT2D eigenvalue weighted by molar-refractivity contribution is 0.103. The maximum Gasteiger partial charge on any atom is 0.196 e. The average Bonchev–Trinajstić information content (AvgIpc) is 2.88. The molecule has 2 aromatic rings. The summed E-state index contributed by atoms with van der Waals surface area (Å²) in [6.45, 7) is 2.50. The van der Waals surface area contributed by atoms with Gasteiger partial charge in [0.25, 0.3) is 0 Å². The van der Waals surface area contributed by atoms with Gasteiger partial charge < -0.3 is 10.5 Å². The molecular formula is C16H14ClNO2. The summed E-state index contributed by atoms with van der Waals surface area (Å²) in [6.07, 6.45) is 0.784. The molecule has 3 rings (SSSR count). The first-order valence-electron chi connectivity index (χ1n) is 6.42. The van der Waals surface area contributed by atoms with Crippen molar-refractivity contribution in [3.63, 3.8) is 0 Å². The summed E-state index contributed by atoms with van der Waals surface area (Å²) in [4.78, 5) is 12.6. The number of anilines is 1. The van der Waals surface area contributed by atoms with Crippen molar-refractivity contribution in [3.05, 3.63) is 57.6 Å². The van der Waals surface area contributed by atoms with E-state index in [1.54, 1.807) is 18.2 Å². The van der Waals surface area contributed by atoms with Crippen LogP contribution in [0.15, 0.2) is 30.3 Å². The van der Waals surface area contributed by atoms with Crippen molar-refractivity contribution >= 4 is 23.1 Å². The molecule has 0 radical (unpaired) electrons. The summed E-state index contributed by atoms with van der Waals surface area (Å²) in [5, 5.41) is 0.553. The molecule has 1 heterocycles. The number of aryl methyl sites for hydroxylation is 1. The van der Waals surface area contributed by atoms with E-state index in [-0.39, 0.29) is 5.78 Å². The van der Waals surface area contributed by atoms with Crippen molar-refractivity contribution in [1.82, 2.24) is 0 Å². The smallest absolute Gasteiger partial charge is 0.196 e. The van der Waals surface area contributed by atoms with Crippen LogP contribution in [-0.4, -0.2) is 12.4 Å². The van der Waals surface area contributed by atoms with Gasteiger partial charge in [-0.3, -0.25) is 4.79 Å². The third-order valence-corrected chi connectivity index (χ3v) is 3.75. The highest BCUT2D eigenvalue weighted by molar-refractivity contribution is 6.31. The van der Waals surface area contributed by atoms with Gasteiger partial charge in [-0.15, -0.1) is 0 Å². The molecule has 1 aliphatic rings. The fourth-order valence-corrected chi connectivity index (χ4v) is 2.62. The zero-order valence-electron chi connectivity index (χ0n) is 11.1. The van der Waals surface area contributed by atoms with Crippen LogP contribution in [-0.2, 0) is 6.42 Å². The van der Waals surface area contributed by atoms with Crippen LogP contribution in [0.1, 0.15) is 27.0 Å². The summed E-state index contributed by atoms with van der Waals surface area (Å²) in [5.41, 5.74) is 9.47. The molecule has 0 amide bonds. The molecule has 2 N–H and O–H groups in total. The van der Waals surface area contributed by atoms with E-state index in [9.17, 15) is 4.79 Å². The standard InChI is InChI=1S/C16H14ClNO2/c1-9-2-3-10(7-14(9)18)15(19)13-8-12(17)6-11-4-5-20-16(11)13/h2-3,6-8H,4-5,18H2,1H3. The molecule has 0 aliphatic carbocycles. The molecule has 0 bridgehead atoms. The number of fused-ring (bicyclic) bond motifs is 1. The first-order chi connectivity index (χ1) is 9.56. The van der Waals surface area contributed by atoms with E-state index in [2.05, 4.69) is 0 Å². The Bertz CT molecular complexity index is 710. The largest absolute Gasteiger partial charge is 0.492 e. The topological polar surface area (TPSA) is 52.3 Å². The molecule has 4 heteroatoms. The lowest BCUT2D eigenvalue weighted by Crippen LogP contribution is -2.05. The number of halogens is 1. The van der Waals surface area contributed by atoms with Crippen molar-refractivity contribution in [2.45, 2.75) is 13.3 Å². The van der Waals surface area contributed by atoms with Crippen molar-refractivity contribution in [2.24, 2.45) is 0 Å². The van der Waals surface area contributed by atoms with E-state index in [1.807, 2.05) is 19.1 Å². The van der Waals surface area contributed by atoms with Crippen LogP contribution in [0.2, 0.25) is 5.02 Å². The number of nitrogen functional groups attached to an aromatic ring is 1. The maximum atomic E-state index is 12.6. The van der Waals surface area contributed by atoms with Gasteiger partial charge in [0.05, 0.1) is 12.2 Å².